The fourth-order valence-corrected chi connectivity index (χ4v) is 3.94. The normalized spacial score (nSPS) is 13.7. The lowest BCUT2D eigenvalue weighted by molar-refractivity contribution is -0.158. The number of hydrogen-bond donors (Lipinski definition) is 1. The van der Waals surface area contributed by atoms with Crippen LogP contribution in [0.2, 0.25) is 0 Å². The molecule has 0 saturated carbocycles. The Hall–Kier alpha value is -3.13. The highest BCUT2D eigenvalue weighted by Crippen LogP contribution is 2.34. The topological polar surface area (TPSA) is 58.6 Å². The molecule has 0 aliphatic carbocycles. The molecule has 0 aromatic heterocycles. The van der Waals surface area contributed by atoms with Crippen LogP contribution < -0.4 is 5.32 Å². The molecule has 0 radical (unpaired) electrons. The van der Waals surface area contributed by atoms with Crippen LogP contribution in [0.25, 0.3) is 11.1 Å². The van der Waals surface area contributed by atoms with Gasteiger partial charge in [0.05, 0.1) is 5.56 Å². The maximum atomic E-state index is 13.0. The summed E-state index contributed by atoms with van der Waals surface area (Å²) < 4.78 is 44.4. The van der Waals surface area contributed by atoms with Gasteiger partial charge >= 0.3 is 12.1 Å². The number of ether oxygens (including phenoxy) is 1. The van der Waals surface area contributed by atoms with Crippen LogP contribution in [0.3, 0.4) is 0 Å². The molecule has 0 atom stereocenters. The summed E-state index contributed by atoms with van der Waals surface area (Å²) in [6.45, 7) is 10.0. The molecule has 1 N–H and O–H groups in total. The maximum absolute atomic E-state index is 13.0. The minimum absolute atomic E-state index is 0.137. The molecule has 1 aliphatic rings. The number of carbonyl (C=O) groups is 2. The molecule has 2 aromatic carbocycles. The molecule has 0 spiro atoms. The van der Waals surface area contributed by atoms with Gasteiger partial charge in [-0.15, -0.1) is 0 Å². The van der Waals surface area contributed by atoms with E-state index in [2.05, 4.69) is 11.9 Å². The number of rotatable bonds is 6. The van der Waals surface area contributed by atoms with E-state index in [1.54, 1.807) is 20.8 Å². The lowest BCUT2D eigenvalue weighted by atomic mass is 9.89. The zero-order valence-electron chi connectivity index (χ0n) is 19.6. The van der Waals surface area contributed by atoms with Crippen LogP contribution in [-0.4, -0.2) is 35.5 Å². The molecule has 182 valence electrons. The van der Waals surface area contributed by atoms with E-state index >= 15 is 0 Å². The molecule has 3 rings (SSSR count). The predicted octanol–water partition coefficient (Wildman–Crippen LogP) is 4.87. The van der Waals surface area contributed by atoms with Crippen molar-refractivity contribution in [1.82, 2.24) is 10.2 Å². The van der Waals surface area contributed by atoms with Gasteiger partial charge in [0.2, 0.25) is 5.91 Å². The van der Waals surface area contributed by atoms with E-state index in [4.69, 9.17) is 4.74 Å². The van der Waals surface area contributed by atoms with E-state index in [1.165, 1.54) is 17.0 Å². The Morgan fingerprint density at radius 1 is 1.15 bits per heavy atom. The highest BCUT2D eigenvalue weighted by atomic mass is 19.4. The summed E-state index contributed by atoms with van der Waals surface area (Å²) in [7, 11) is 0. The quantitative estimate of drug-likeness (QED) is 0.479. The Kier molecular flexibility index (Phi) is 7.51. The van der Waals surface area contributed by atoms with E-state index in [1.807, 2.05) is 12.1 Å². The second-order valence-corrected chi connectivity index (χ2v) is 9.27. The van der Waals surface area contributed by atoms with Gasteiger partial charge in [0.15, 0.2) is 0 Å². The number of fused-ring (bicyclic) bond motifs is 1. The average molecular weight is 475 g/mol. The SMILES string of the molecule is C=CC(=O)N(CC(=O)OC(C)(C)C)Cc1cc2c(c(-c3ccc(C(F)(F)F)cc3)c1)CNCC2. The van der Waals surface area contributed by atoms with Crippen LogP contribution in [0, 0.1) is 0 Å². The number of nitrogens with one attached hydrogen (secondary N) is 1. The van der Waals surface area contributed by atoms with Gasteiger partial charge in [-0.05, 0) is 85.8 Å². The average Bonchev–Trinajstić information content (AvgIpc) is 2.75. The number of nitrogens with zero attached hydrogens (tertiary/aromatic N) is 1. The Bertz CT molecular complexity index is 1070. The first-order chi connectivity index (χ1) is 15.9. The maximum Gasteiger partial charge on any atom is 0.416 e. The second-order valence-electron chi connectivity index (χ2n) is 9.27. The van der Waals surface area contributed by atoms with Crippen LogP contribution in [0.5, 0.6) is 0 Å². The van der Waals surface area contributed by atoms with Gasteiger partial charge in [-0.25, -0.2) is 0 Å². The highest BCUT2D eigenvalue weighted by molar-refractivity contribution is 5.90. The van der Waals surface area contributed by atoms with Gasteiger partial charge in [0.1, 0.15) is 12.1 Å². The summed E-state index contributed by atoms with van der Waals surface area (Å²) in [5.74, 6) is -0.950. The van der Waals surface area contributed by atoms with E-state index < -0.39 is 29.2 Å². The number of hydrogen-bond acceptors (Lipinski definition) is 4. The largest absolute Gasteiger partial charge is 0.459 e. The van der Waals surface area contributed by atoms with E-state index in [0.717, 1.165) is 53.4 Å². The first-order valence-electron chi connectivity index (χ1n) is 11.0. The first-order valence-corrected chi connectivity index (χ1v) is 11.0. The van der Waals surface area contributed by atoms with Crippen molar-refractivity contribution in [2.24, 2.45) is 0 Å². The lowest BCUT2D eigenvalue weighted by Crippen LogP contribution is -2.37. The number of carbonyl (C=O) groups excluding carboxylic acids is 2. The van der Waals surface area contributed by atoms with Crippen molar-refractivity contribution in [2.75, 3.05) is 13.1 Å². The minimum atomic E-state index is -4.41. The van der Waals surface area contributed by atoms with Crippen molar-refractivity contribution in [3.8, 4) is 11.1 Å². The molecule has 0 unspecified atom stereocenters. The molecule has 0 saturated heterocycles. The summed E-state index contributed by atoms with van der Waals surface area (Å²) in [4.78, 5) is 26.2. The van der Waals surface area contributed by atoms with Gasteiger partial charge in [-0.1, -0.05) is 24.8 Å². The number of alkyl halides is 3. The molecular formula is C26H29F3N2O3. The molecule has 34 heavy (non-hydrogen) atoms. The monoisotopic (exact) mass is 474 g/mol. The fraction of sp³-hybridized carbons (Fsp3) is 0.385. The number of amides is 1. The van der Waals surface area contributed by atoms with E-state index in [-0.39, 0.29) is 13.1 Å². The van der Waals surface area contributed by atoms with Gasteiger partial charge < -0.3 is 15.0 Å². The summed E-state index contributed by atoms with van der Waals surface area (Å²) >= 11 is 0. The van der Waals surface area contributed by atoms with E-state index in [9.17, 15) is 22.8 Å². The molecule has 5 nitrogen and oxygen atoms in total. The van der Waals surface area contributed by atoms with Crippen molar-refractivity contribution in [1.29, 1.82) is 0 Å². The van der Waals surface area contributed by atoms with Crippen molar-refractivity contribution in [2.45, 2.75) is 52.1 Å². The highest BCUT2D eigenvalue weighted by Gasteiger charge is 2.30. The Labute approximate surface area is 197 Å². The summed E-state index contributed by atoms with van der Waals surface area (Å²) in [6.07, 6.45) is -2.52. The Balaban J connectivity index is 1.95. The van der Waals surface area contributed by atoms with Crippen LogP contribution in [0.4, 0.5) is 13.2 Å². The van der Waals surface area contributed by atoms with Gasteiger partial charge in [-0.3, -0.25) is 9.59 Å². The molecule has 1 heterocycles. The number of halogens is 3. The Morgan fingerprint density at radius 2 is 1.82 bits per heavy atom. The molecule has 2 aromatic rings. The van der Waals surface area contributed by atoms with Crippen molar-refractivity contribution in [3.63, 3.8) is 0 Å². The molecule has 1 aliphatic heterocycles. The van der Waals surface area contributed by atoms with Crippen LogP contribution in [-0.2, 0) is 40.0 Å². The van der Waals surface area contributed by atoms with E-state index in [0.29, 0.717) is 12.1 Å². The third-order valence-corrected chi connectivity index (χ3v) is 5.40. The lowest BCUT2D eigenvalue weighted by Gasteiger charge is -2.26. The van der Waals surface area contributed by atoms with Crippen LogP contribution in [0.15, 0.2) is 49.1 Å². The van der Waals surface area contributed by atoms with Gasteiger partial charge in [0, 0.05) is 13.1 Å². The fourth-order valence-electron chi connectivity index (χ4n) is 3.94. The molecule has 0 bridgehead atoms. The summed E-state index contributed by atoms with van der Waals surface area (Å²) in [5.41, 5.74) is 2.92. The number of benzene rings is 2. The van der Waals surface area contributed by atoms with Crippen molar-refractivity contribution in [3.05, 3.63) is 71.3 Å². The molecular weight excluding hydrogens is 445 g/mol. The van der Waals surface area contributed by atoms with Crippen molar-refractivity contribution >= 4 is 11.9 Å². The first kappa shape index (κ1) is 25.5. The molecule has 0 fully saturated rings. The smallest absolute Gasteiger partial charge is 0.416 e. The molecule has 1 amide bonds. The predicted molar refractivity (Wildman–Crippen MR) is 124 cm³/mol. The Morgan fingerprint density at radius 3 is 2.41 bits per heavy atom. The van der Waals surface area contributed by atoms with Crippen LogP contribution in [0.1, 0.15) is 43.0 Å². The van der Waals surface area contributed by atoms with Crippen LogP contribution >= 0.6 is 0 Å². The zero-order valence-corrected chi connectivity index (χ0v) is 19.6. The van der Waals surface area contributed by atoms with Gasteiger partial charge in [-0.2, -0.15) is 13.2 Å². The summed E-state index contributed by atoms with van der Waals surface area (Å²) in [5, 5.41) is 3.30. The number of esters is 1. The zero-order chi connectivity index (χ0) is 25.1. The minimum Gasteiger partial charge on any atom is -0.459 e. The van der Waals surface area contributed by atoms with Crippen molar-refractivity contribution < 1.29 is 27.5 Å². The standard InChI is InChI=1S/C26H29F3N2O3/c1-5-23(32)31(16-24(33)34-25(2,3)4)15-17-12-19-10-11-30-14-22(19)21(13-17)18-6-8-20(9-7-18)26(27,28)29/h5-9,12-13,30H,1,10-11,14-16H2,2-4H3. The third kappa shape index (κ3) is 6.47. The van der Waals surface area contributed by atoms with Gasteiger partial charge in [0.25, 0.3) is 0 Å². The molecule has 8 heteroatoms. The second kappa shape index (κ2) is 10.0. The summed E-state index contributed by atoms with van der Waals surface area (Å²) in [6, 6.07) is 8.92. The third-order valence-electron chi connectivity index (χ3n) is 5.40.